The summed E-state index contributed by atoms with van der Waals surface area (Å²) in [6.07, 6.45) is 4.48. The SMILES string of the molecule is O=c1[nH]c(C2CCCCS2)nc2c1CCNC2. The van der Waals surface area contributed by atoms with Crippen molar-refractivity contribution in [3.63, 3.8) is 0 Å². The van der Waals surface area contributed by atoms with Crippen molar-refractivity contribution in [3.05, 3.63) is 27.4 Å². The lowest BCUT2D eigenvalue weighted by Gasteiger charge is -2.22. The van der Waals surface area contributed by atoms with Crippen molar-refractivity contribution >= 4 is 11.8 Å². The maximum Gasteiger partial charge on any atom is 0.254 e. The van der Waals surface area contributed by atoms with Crippen molar-refractivity contribution in [1.29, 1.82) is 0 Å². The molecular weight excluding hydrogens is 234 g/mol. The Morgan fingerprint density at radius 2 is 2.29 bits per heavy atom. The first-order valence-electron chi connectivity index (χ1n) is 6.29. The van der Waals surface area contributed by atoms with Crippen LogP contribution in [0.25, 0.3) is 0 Å². The number of H-pyrrole nitrogens is 1. The molecule has 0 radical (unpaired) electrons. The molecule has 1 fully saturated rings. The van der Waals surface area contributed by atoms with Crippen molar-refractivity contribution in [2.24, 2.45) is 0 Å². The van der Waals surface area contributed by atoms with Crippen molar-refractivity contribution in [1.82, 2.24) is 15.3 Å². The Hall–Kier alpha value is -0.810. The van der Waals surface area contributed by atoms with Crippen molar-refractivity contribution in [2.45, 2.75) is 37.5 Å². The molecule has 3 rings (SSSR count). The molecule has 3 heterocycles. The molecule has 1 unspecified atom stereocenters. The molecule has 1 atom stereocenters. The number of aromatic amines is 1. The van der Waals surface area contributed by atoms with Crippen LogP contribution in [-0.2, 0) is 13.0 Å². The third kappa shape index (κ3) is 2.26. The van der Waals surface area contributed by atoms with E-state index in [4.69, 9.17) is 0 Å². The average molecular weight is 251 g/mol. The first kappa shape index (κ1) is 11.3. The van der Waals surface area contributed by atoms with Crippen LogP contribution >= 0.6 is 11.8 Å². The zero-order valence-corrected chi connectivity index (χ0v) is 10.6. The van der Waals surface area contributed by atoms with Crippen LogP contribution in [0.1, 0.15) is 41.6 Å². The average Bonchev–Trinajstić information content (AvgIpc) is 2.40. The minimum atomic E-state index is 0.0812. The van der Waals surface area contributed by atoms with Crippen LogP contribution in [-0.4, -0.2) is 22.3 Å². The van der Waals surface area contributed by atoms with E-state index in [1.165, 1.54) is 18.6 Å². The summed E-state index contributed by atoms with van der Waals surface area (Å²) in [4.78, 5) is 19.6. The summed E-state index contributed by atoms with van der Waals surface area (Å²) in [5.41, 5.74) is 1.92. The molecule has 1 aromatic heterocycles. The van der Waals surface area contributed by atoms with E-state index in [-0.39, 0.29) is 5.56 Å². The van der Waals surface area contributed by atoms with Gasteiger partial charge in [0.15, 0.2) is 0 Å². The molecule has 4 nitrogen and oxygen atoms in total. The smallest absolute Gasteiger partial charge is 0.254 e. The predicted molar refractivity (Wildman–Crippen MR) is 69.3 cm³/mol. The van der Waals surface area contributed by atoms with E-state index >= 15 is 0 Å². The van der Waals surface area contributed by atoms with Gasteiger partial charge in [0.25, 0.3) is 5.56 Å². The summed E-state index contributed by atoms with van der Waals surface area (Å²) in [5, 5.41) is 3.67. The maximum absolute atomic E-state index is 12.0. The van der Waals surface area contributed by atoms with Gasteiger partial charge in [-0.15, -0.1) is 0 Å². The monoisotopic (exact) mass is 251 g/mol. The van der Waals surface area contributed by atoms with Crippen LogP contribution in [0.15, 0.2) is 4.79 Å². The highest BCUT2D eigenvalue weighted by atomic mass is 32.2. The number of rotatable bonds is 1. The molecule has 17 heavy (non-hydrogen) atoms. The second-order valence-electron chi connectivity index (χ2n) is 4.66. The van der Waals surface area contributed by atoms with Crippen LogP contribution < -0.4 is 10.9 Å². The number of hydrogen-bond donors (Lipinski definition) is 2. The molecule has 5 heteroatoms. The number of nitrogens with one attached hydrogen (secondary N) is 2. The van der Waals surface area contributed by atoms with Gasteiger partial charge in [0.2, 0.25) is 0 Å². The van der Waals surface area contributed by atoms with Crippen LogP contribution in [0, 0.1) is 0 Å². The Labute approximate surface area is 105 Å². The van der Waals surface area contributed by atoms with E-state index in [0.717, 1.165) is 43.0 Å². The van der Waals surface area contributed by atoms with Crippen molar-refractivity contribution < 1.29 is 0 Å². The van der Waals surface area contributed by atoms with Crippen LogP contribution in [0.4, 0.5) is 0 Å². The molecule has 2 aliphatic rings. The Morgan fingerprint density at radius 1 is 1.35 bits per heavy atom. The molecule has 0 bridgehead atoms. The number of nitrogens with zero attached hydrogens (tertiary/aromatic N) is 1. The summed E-state index contributed by atoms with van der Waals surface area (Å²) >= 11 is 1.92. The van der Waals surface area contributed by atoms with E-state index in [0.29, 0.717) is 5.25 Å². The molecule has 2 N–H and O–H groups in total. The minimum absolute atomic E-state index is 0.0812. The normalized spacial score (nSPS) is 24.4. The number of hydrogen-bond acceptors (Lipinski definition) is 4. The summed E-state index contributed by atoms with van der Waals surface area (Å²) < 4.78 is 0. The molecule has 0 spiro atoms. The van der Waals surface area contributed by atoms with E-state index in [1.807, 2.05) is 11.8 Å². The molecule has 1 saturated heterocycles. The maximum atomic E-state index is 12.0. The summed E-state index contributed by atoms with van der Waals surface area (Å²) in [5.74, 6) is 2.08. The lowest BCUT2D eigenvalue weighted by Crippen LogP contribution is -2.32. The summed E-state index contributed by atoms with van der Waals surface area (Å²) in [6, 6.07) is 0. The van der Waals surface area contributed by atoms with Gasteiger partial charge in [-0.3, -0.25) is 4.79 Å². The molecule has 0 saturated carbocycles. The van der Waals surface area contributed by atoms with Gasteiger partial charge in [-0.05, 0) is 31.6 Å². The highest BCUT2D eigenvalue weighted by Gasteiger charge is 2.21. The number of fused-ring (bicyclic) bond motifs is 1. The molecule has 0 aromatic carbocycles. The van der Waals surface area contributed by atoms with Crippen molar-refractivity contribution in [3.8, 4) is 0 Å². The van der Waals surface area contributed by atoms with Gasteiger partial charge in [0, 0.05) is 12.1 Å². The molecule has 0 aliphatic carbocycles. The Morgan fingerprint density at radius 3 is 3.12 bits per heavy atom. The van der Waals surface area contributed by atoms with Crippen molar-refractivity contribution in [2.75, 3.05) is 12.3 Å². The lowest BCUT2D eigenvalue weighted by molar-refractivity contribution is 0.599. The third-order valence-corrected chi connectivity index (χ3v) is 4.83. The van der Waals surface area contributed by atoms with Crippen LogP contribution in [0.5, 0.6) is 0 Å². The number of aromatic nitrogens is 2. The van der Waals surface area contributed by atoms with E-state index in [1.54, 1.807) is 0 Å². The van der Waals surface area contributed by atoms with Gasteiger partial charge in [0.05, 0.1) is 10.9 Å². The number of thioether (sulfide) groups is 1. The summed E-state index contributed by atoms with van der Waals surface area (Å²) in [6.45, 7) is 1.62. The first-order chi connectivity index (χ1) is 8.34. The van der Waals surface area contributed by atoms with Gasteiger partial charge in [-0.25, -0.2) is 4.98 Å². The predicted octanol–water partition coefficient (Wildman–Crippen LogP) is 1.37. The zero-order chi connectivity index (χ0) is 11.7. The fourth-order valence-corrected chi connectivity index (χ4v) is 3.75. The molecule has 0 amide bonds. The Kier molecular flexibility index (Phi) is 3.20. The second kappa shape index (κ2) is 4.82. The largest absolute Gasteiger partial charge is 0.311 e. The molecule has 2 aliphatic heterocycles. The second-order valence-corrected chi connectivity index (χ2v) is 5.97. The van der Waals surface area contributed by atoms with Gasteiger partial charge >= 0.3 is 0 Å². The molecular formula is C12H17N3OS. The highest BCUT2D eigenvalue weighted by molar-refractivity contribution is 7.99. The van der Waals surface area contributed by atoms with E-state index in [9.17, 15) is 4.79 Å². The van der Waals surface area contributed by atoms with Gasteiger partial charge < -0.3 is 10.3 Å². The lowest BCUT2D eigenvalue weighted by atomic mass is 10.1. The van der Waals surface area contributed by atoms with E-state index in [2.05, 4.69) is 15.3 Å². The highest BCUT2D eigenvalue weighted by Crippen LogP contribution is 2.36. The quantitative estimate of drug-likeness (QED) is 0.791. The Bertz CT molecular complexity index is 465. The third-order valence-electron chi connectivity index (χ3n) is 3.45. The van der Waals surface area contributed by atoms with Gasteiger partial charge in [-0.2, -0.15) is 11.8 Å². The van der Waals surface area contributed by atoms with Gasteiger partial charge in [-0.1, -0.05) is 6.42 Å². The van der Waals surface area contributed by atoms with Crippen LogP contribution in [0.3, 0.4) is 0 Å². The van der Waals surface area contributed by atoms with Gasteiger partial charge in [0.1, 0.15) is 5.82 Å². The summed E-state index contributed by atoms with van der Waals surface area (Å²) in [7, 11) is 0. The fourth-order valence-electron chi connectivity index (χ4n) is 2.50. The fraction of sp³-hybridized carbons (Fsp3) is 0.667. The topological polar surface area (TPSA) is 57.8 Å². The zero-order valence-electron chi connectivity index (χ0n) is 9.79. The molecule has 92 valence electrons. The van der Waals surface area contributed by atoms with E-state index < -0.39 is 0 Å². The Balaban J connectivity index is 1.95. The van der Waals surface area contributed by atoms with Crippen LogP contribution in [0.2, 0.25) is 0 Å². The molecule has 1 aromatic rings. The standard InChI is InChI=1S/C12H17N3OS/c16-12-8-4-5-13-7-9(8)14-11(15-12)10-3-1-2-6-17-10/h10,13H,1-7H2,(H,14,15,16). The first-order valence-corrected chi connectivity index (χ1v) is 7.34. The minimum Gasteiger partial charge on any atom is -0.311 e.